The lowest BCUT2D eigenvalue weighted by atomic mass is 9.95. The Morgan fingerprint density at radius 1 is 1.23 bits per heavy atom. The largest absolute Gasteiger partial charge is 0.326 e. The second kappa shape index (κ2) is 8.24. The van der Waals surface area contributed by atoms with Crippen LogP contribution in [-0.2, 0) is 25.2 Å². The molecule has 2 aliphatic rings. The molecule has 1 saturated heterocycles. The van der Waals surface area contributed by atoms with Gasteiger partial charge in [0.1, 0.15) is 6.54 Å². The number of rotatable bonds is 5. The molecule has 0 unspecified atom stereocenters. The van der Waals surface area contributed by atoms with E-state index in [1.807, 2.05) is 4.72 Å². The highest BCUT2D eigenvalue weighted by molar-refractivity contribution is 7.92. The van der Waals surface area contributed by atoms with E-state index in [4.69, 9.17) is 16.7 Å². The van der Waals surface area contributed by atoms with Gasteiger partial charge in [-0.25, -0.2) is 14.2 Å². The smallest absolute Gasteiger partial charge is 0.272 e. The van der Waals surface area contributed by atoms with Crippen LogP contribution in [0.1, 0.15) is 32.1 Å². The summed E-state index contributed by atoms with van der Waals surface area (Å²) in [6, 6.07) is 6.62. The maximum absolute atomic E-state index is 12.4. The van der Waals surface area contributed by atoms with Crippen LogP contribution in [0.3, 0.4) is 0 Å². The standard InChI is InChI=1S/C18H21ClN4O5S3/c19-17-15(22-10-16(24)21-31(22,27)28)11-29-18(17)12-5-4-8-14(9-12)23(30(20,25)26)13-6-2-1-3-7-13/h4-5,8-9,11,13H,1-3,6-7,10H2,(H,21,24)(H2,20,25,26). The van der Waals surface area contributed by atoms with Gasteiger partial charge in [-0.05, 0) is 30.5 Å². The first kappa shape index (κ1) is 22.3. The first-order valence-corrected chi connectivity index (χ1v) is 13.8. The molecule has 2 fully saturated rings. The minimum absolute atomic E-state index is 0.169. The van der Waals surface area contributed by atoms with E-state index in [9.17, 15) is 21.6 Å². The molecule has 0 spiro atoms. The van der Waals surface area contributed by atoms with Gasteiger partial charge in [0.05, 0.1) is 21.3 Å². The van der Waals surface area contributed by atoms with Crippen molar-refractivity contribution in [3.8, 4) is 10.4 Å². The summed E-state index contributed by atoms with van der Waals surface area (Å²) in [5.74, 6) is -0.637. The zero-order chi connectivity index (χ0) is 22.4. The number of hydrogen-bond acceptors (Lipinski definition) is 6. The molecule has 0 atom stereocenters. The fourth-order valence-corrected chi connectivity index (χ4v) is 7.74. The summed E-state index contributed by atoms with van der Waals surface area (Å²) in [4.78, 5) is 12.1. The van der Waals surface area contributed by atoms with Crippen molar-refractivity contribution in [2.24, 2.45) is 5.14 Å². The van der Waals surface area contributed by atoms with E-state index in [1.54, 1.807) is 29.6 Å². The van der Waals surface area contributed by atoms with Crippen molar-refractivity contribution in [2.75, 3.05) is 15.2 Å². The lowest BCUT2D eigenvalue weighted by molar-refractivity contribution is -0.117. The molecule has 168 valence electrons. The van der Waals surface area contributed by atoms with Crippen molar-refractivity contribution in [1.82, 2.24) is 4.72 Å². The van der Waals surface area contributed by atoms with Gasteiger partial charge in [0.15, 0.2) is 0 Å². The number of halogens is 1. The van der Waals surface area contributed by atoms with Crippen molar-refractivity contribution < 1.29 is 21.6 Å². The Labute approximate surface area is 190 Å². The second-order valence-corrected chi connectivity index (χ2v) is 11.8. The van der Waals surface area contributed by atoms with Gasteiger partial charge in [0.25, 0.3) is 16.1 Å². The molecular weight excluding hydrogens is 484 g/mol. The van der Waals surface area contributed by atoms with Crippen molar-refractivity contribution in [1.29, 1.82) is 0 Å². The summed E-state index contributed by atoms with van der Waals surface area (Å²) < 4.78 is 53.2. The molecule has 13 heteroatoms. The lowest BCUT2D eigenvalue weighted by Gasteiger charge is -2.33. The number of nitrogens with two attached hydrogens (primary N) is 1. The third-order valence-electron chi connectivity index (χ3n) is 5.34. The minimum atomic E-state index is -3.99. The monoisotopic (exact) mass is 504 g/mol. The quantitative estimate of drug-likeness (QED) is 0.646. The summed E-state index contributed by atoms with van der Waals surface area (Å²) in [5.41, 5.74) is 1.25. The highest BCUT2D eigenvalue weighted by Crippen LogP contribution is 2.44. The number of nitrogens with zero attached hydrogens (tertiary/aromatic N) is 2. The molecule has 2 heterocycles. The molecule has 1 amide bonds. The zero-order valence-electron chi connectivity index (χ0n) is 16.3. The first-order valence-electron chi connectivity index (χ1n) is 9.61. The van der Waals surface area contributed by atoms with E-state index in [2.05, 4.69) is 0 Å². The third kappa shape index (κ3) is 4.40. The van der Waals surface area contributed by atoms with Crippen molar-refractivity contribution in [3.05, 3.63) is 34.7 Å². The molecule has 1 aliphatic heterocycles. The van der Waals surface area contributed by atoms with E-state index in [1.165, 1.54) is 15.6 Å². The average Bonchev–Trinajstić information content (AvgIpc) is 3.19. The van der Waals surface area contributed by atoms with Crippen molar-refractivity contribution >= 4 is 60.6 Å². The molecule has 3 N–H and O–H groups in total. The van der Waals surface area contributed by atoms with E-state index in [-0.39, 0.29) is 23.3 Å². The maximum Gasteiger partial charge on any atom is 0.326 e. The molecular formula is C18H21ClN4O5S3. The van der Waals surface area contributed by atoms with Gasteiger partial charge >= 0.3 is 10.2 Å². The maximum atomic E-state index is 12.4. The number of thiophene rings is 1. The Hall–Kier alpha value is -1.86. The van der Waals surface area contributed by atoms with Gasteiger partial charge in [0.2, 0.25) is 0 Å². The normalized spacial score (nSPS) is 19.4. The predicted molar refractivity (Wildman–Crippen MR) is 122 cm³/mol. The Balaban J connectivity index is 1.72. The van der Waals surface area contributed by atoms with Gasteiger partial charge in [-0.3, -0.25) is 9.10 Å². The lowest BCUT2D eigenvalue weighted by Crippen LogP contribution is -2.45. The topological polar surface area (TPSA) is 130 Å². The van der Waals surface area contributed by atoms with Crippen LogP contribution >= 0.6 is 22.9 Å². The number of carbonyl (C=O) groups is 1. The fraction of sp³-hybridized carbons (Fsp3) is 0.389. The Morgan fingerprint density at radius 3 is 2.55 bits per heavy atom. The van der Waals surface area contributed by atoms with E-state index < -0.39 is 26.3 Å². The number of hydrogen-bond donors (Lipinski definition) is 2. The summed E-state index contributed by atoms with van der Waals surface area (Å²) in [6.07, 6.45) is 4.41. The molecule has 2 aromatic rings. The van der Waals surface area contributed by atoms with Gasteiger partial charge in [-0.2, -0.15) is 16.8 Å². The van der Waals surface area contributed by atoms with Crippen LogP contribution < -0.4 is 18.5 Å². The highest BCUT2D eigenvalue weighted by atomic mass is 35.5. The Bertz CT molecular complexity index is 1220. The Kier molecular flexibility index (Phi) is 5.94. The molecule has 9 nitrogen and oxygen atoms in total. The van der Waals surface area contributed by atoms with Crippen LogP contribution in [0.4, 0.5) is 11.4 Å². The van der Waals surface area contributed by atoms with Crippen LogP contribution in [0.25, 0.3) is 10.4 Å². The number of amides is 1. The number of anilines is 2. The van der Waals surface area contributed by atoms with Gasteiger partial charge in [-0.15, -0.1) is 11.3 Å². The summed E-state index contributed by atoms with van der Waals surface area (Å²) >= 11 is 7.70. The van der Waals surface area contributed by atoms with E-state index >= 15 is 0 Å². The minimum Gasteiger partial charge on any atom is -0.272 e. The van der Waals surface area contributed by atoms with E-state index in [0.29, 0.717) is 16.1 Å². The fourth-order valence-electron chi connectivity index (χ4n) is 4.02. The molecule has 0 radical (unpaired) electrons. The van der Waals surface area contributed by atoms with Crippen LogP contribution in [0, 0.1) is 0 Å². The first-order chi connectivity index (χ1) is 14.6. The Morgan fingerprint density at radius 2 is 1.94 bits per heavy atom. The van der Waals surface area contributed by atoms with Crippen LogP contribution in [-0.4, -0.2) is 35.3 Å². The number of benzene rings is 1. The van der Waals surface area contributed by atoms with E-state index in [0.717, 1.165) is 36.4 Å². The number of nitrogens with one attached hydrogen (secondary N) is 1. The van der Waals surface area contributed by atoms with Crippen molar-refractivity contribution in [2.45, 2.75) is 38.1 Å². The predicted octanol–water partition coefficient (Wildman–Crippen LogP) is 2.59. The summed E-state index contributed by atoms with van der Waals surface area (Å²) in [7, 11) is -7.97. The molecule has 1 aliphatic carbocycles. The van der Waals surface area contributed by atoms with Crippen LogP contribution in [0.5, 0.6) is 0 Å². The molecule has 31 heavy (non-hydrogen) atoms. The summed E-state index contributed by atoms with van der Waals surface area (Å²) in [6.45, 7) is -0.348. The second-order valence-electron chi connectivity index (χ2n) is 7.48. The zero-order valence-corrected chi connectivity index (χ0v) is 19.5. The molecule has 1 saturated carbocycles. The van der Waals surface area contributed by atoms with Gasteiger partial charge < -0.3 is 0 Å². The SMILES string of the molecule is NS(=O)(=O)N(c1cccc(-c2scc(N3CC(=O)NS3(=O)=O)c2Cl)c1)C1CCCCC1. The number of carbonyl (C=O) groups excluding carboxylic acids is 1. The van der Waals surface area contributed by atoms with Gasteiger partial charge in [-0.1, -0.05) is 43.0 Å². The third-order valence-corrected chi connectivity index (χ3v) is 9.31. The van der Waals surface area contributed by atoms with Gasteiger partial charge in [0, 0.05) is 11.4 Å². The molecule has 0 bridgehead atoms. The van der Waals surface area contributed by atoms with Crippen LogP contribution in [0.2, 0.25) is 5.02 Å². The van der Waals surface area contributed by atoms with Crippen molar-refractivity contribution in [3.63, 3.8) is 0 Å². The highest BCUT2D eigenvalue weighted by Gasteiger charge is 2.36. The molecule has 4 rings (SSSR count). The van der Waals surface area contributed by atoms with Crippen LogP contribution in [0.15, 0.2) is 29.6 Å². The molecule has 1 aromatic heterocycles. The summed E-state index contributed by atoms with van der Waals surface area (Å²) in [5, 5.41) is 7.28. The average molecular weight is 505 g/mol. The molecule has 1 aromatic carbocycles.